The van der Waals surface area contributed by atoms with Crippen molar-refractivity contribution in [3.63, 3.8) is 0 Å². The summed E-state index contributed by atoms with van der Waals surface area (Å²) in [6, 6.07) is 6.58. The second kappa shape index (κ2) is 10.1. The molecule has 2 amide bonds. The van der Waals surface area contributed by atoms with Gasteiger partial charge in [0, 0.05) is 18.8 Å². The van der Waals surface area contributed by atoms with Gasteiger partial charge >= 0.3 is 12.0 Å². The van der Waals surface area contributed by atoms with Crippen LogP contribution in [-0.2, 0) is 9.53 Å². The van der Waals surface area contributed by atoms with Gasteiger partial charge in [-0.3, -0.25) is 4.90 Å². The molecule has 0 aromatic heterocycles. The highest BCUT2D eigenvalue weighted by atomic mass is 16.5. The molecule has 0 saturated carbocycles. The van der Waals surface area contributed by atoms with Crippen LogP contribution in [0.25, 0.3) is 0 Å². The molecule has 1 N–H and O–H groups in total. The lowest BCUT2D eigenvalue weighted by atomic mass is 9.94. The predicted octanol–water partition coefficient (Wildman–Crippen LogP) is 2.94. The molecule has 1 atom stereocenters. The van der Waals surface area contributed by atoms with Gasteiger partial charge in [0.05, 0.1) is 25.3 Å². The minimum absolute atomic E-state index is 0.219. The molecule has 0 bridgehead atoms. The number of urea groups is 1. The van der Waals surface area contributed by atoms with Crippen molar-refractivity contribution >= 4 is 12.0 Å². The molecule has 154 valence electrons. The molecule has 1 aliphatic heterocycles. The number of nitrogens with zero attached hydrogens (tertiary/aromatic N) is 2. The Hall–Kier alpha value is -2.54. The maximum atomic E-state index is 12.9. The monoisotopic (exact) mass is 389 g/mol. The zero-order chi connectivity index (χ0) is 20.7. The number of ether oxygens (including phenoxy) is 2. The van der Waals surface area contributed by atoms with Gasteiger partial charge in [-0.15, -0.1) is 0 Å². The van der Waals surface area contributed by atoms with Crippen molar-refractivity contribution in [2.45, 2.75) is 33.2 Å². The highest BCUT2D eigenvalue weighted by Crippen LogP contribution is 2.33. The maximum Gasteiger partial charge on any atom is 0.338 e. The molecule has 1 unspecified atom stereocenters. The van der Waals surface area contributed by atoms with Crippen LogP contribution in [0.3, 0.4) is 0 Å². The van der Waals surface area contributed by atoms with Crippen LogP contribution in [0.15, 0.2) is 35.5 Å². The van der Waals surface area contributed by atoms with E-state index >= 15 is 0 Å². The number of methoxy groups -OCH3 is 1. The predicted molar refractivity (Wildman–Crippen MR) is 108 cm³/mol. The van der Waals surface area contributed by atoms with Crippen molar-refractivity contribution in [2.75, 3.05) is 40.4 Å². The number of hydrogen-bond acceptors (Lipinski definition) is 5. The smallest absolute Gasteiger partial charge is 0.338 e. The lowest BCUT2D eigenvalue weighted by molar-refractivity contribution is -0.139. The molecule has 1 aromatic carbocycles. The quantitative estimate of drug-likeness (QED) is 0.658. The molecule has 0 radical (unpaired) electrons. The first-order chi connectivity index (χ1) is 13.5. The van der Waals surface area contributed by atoms with Crippen LogP contribution in [0.4, 0.5) is 4.79 Å². The first-order valence-electron chi connectivity index (χ1n) is 9.77. The van der Waals surface area contributed by atoms with E-state index in [9.17, 15) is 9.59 Å². The molecule has 7 heteroatoms. The van der Waals surface area contributed by atoms with E-state index in [1.165, 1.54) is 0 Å². The van der Waals surface area contributed by atoms with E-state index in [1.807, 2.05) is 38.2 Å². The SMILES string of the molecule is CCCN(C)CC1=C(C(=O)OCC)C(c2cccc(OC)c2)NC(=O)N1CC. The summed E-state index contributed by atoms with van der Waals surface area (Å²) in [5.41, 5.74) is 1.94. The summed E-state index contributed by atoms with van der Waals surface area (Å²) in [4.78, 5) is 29.5. The van der Waals surface area contributed by atoms with Crippen molar-refractivity contribution in [1.29, 1.82) is 0 Å². The molecule has 0 aliphatic carbocycles. The second-order valence-corrected chi connectivity index (χ2v) is 6.72. The van der Waals surface area contributed by atoms with Crippen LogP contribution in [0.2, 0.25) is 0 Å². The number of nitrogens with one attached hydrogen (secondary N) is 1. The molecule has 2 rings (SSSR count). The molecule has 1 heterocycles. The third-order valence-corrected chi connectivity index (χ3v) is 4.70. The molecule has 0 fully saturated rings. The van der Waals surface area contributed by atoms with Crippen molar-refractivity contribution in [3.8, 4) is 5.75 Å². The minimum Gasteiger partial charge on any atom is -0.497 e. The zero-order valence-electron chi connectivity index (χ0n) is 17.4. The Balaban J connectivity index is 2.60. The fourth-order valence-electron chi connectivity index (χ4n) is 3.45. The van der Waals surface area contributed by atoms with Gasteiger partial charge in [0.25, 0.3) is 0 Å². The van der Waals surface area contributed by atoms with E-state index in [-0.39, 0.29) is 12.6 Å². The summed E-state index contributed by atoms with van der Waals surface area (Å²) in [7, 11) is 3.57. The Morgan fingerprint density at radius 3 is 2.64 bits per heavy atom. The molecule has 0 spiro atoms. The van der Waals surface area contributed by atoms with Gasteiger partial charge in [-0.25, -0.2) is 9.59 Å². The summed E-state index contributed by atoms with van der Waals surface area (Å²) in [6.45, 7) is 7.86. The van der Waals surface area contributed by atoms with Gasteiger partial charge in [0.1, 0.15) is 5.75 Å². The highest BCUT2D eigenvalue weighted by molar-refractivity contribution is 5.95. The molecule has 1 aliphatic rings. The van der Waals surface area contributed by atoms with Crippen LogP contribution in [0.5, 0.6) is 5.75 Å². The number of amides is 2. The minimum atomic E-state index is -0.588. The van der Waals surface area contributed by atoms with Gasteiger partial charge in [-0.05, 0) is 51.6 Å². The second-order valence-electron chi connectivity index (χ2n) is 6.72. The highest BCUT2D eigenvalue weighted by Gasteiger charge is 2.38. The number of carbonyl (C=O) groups is 2. The van der Waals surface area contributed by atoms with E-state index in [2.05, 4.69) is 17.1 Å². The molecule has 28 heavy (non-hydrogen) atoms. The lowest BCUT2D eigenvalue weighted by Gasteiger charge is -2.37. The third kappa shape index (κ3) is 4.84. The molecule has 7 nitrogen and oxygen atoms in total. The standard InChI is InChI=1S/C21H31N3O4/c1-6-12-23(4)14-17-18(20(25)28-8-3)19(22-21(26)24(17)7-2)15-10-9-11-16(13-15)27-5/h9-11,13,19H,6-8,12,14H2,1-5H3,(H,22,26). The first-order valence-corrected chi connectivity index (χ1v) is 9.77. The van der Waals surface area contributed by atoms with Gasteiger partial charge in [-0.1, -0.05) is 19.1 Å². The van der Waals surface area contributed by atoms with Crippen LogP contribution in [0.1, 0.15) is 38.8 Å². The molecule has 0 saturated heterocycles. The number of carbonyl (C=O) groups excluding carboxylic acids is 2. The summed E-state index contributed by atoms with van der Waals surface area (Å²) < 4.78 is 10.7. The van der Waals surface area contributed by atoms with E-state index < -0.39 is 12.0 Å². The molecule has 1 aromatic rings. The lowest BCUT2D eigenvalue weighted by Crippen LogP contribution is -2.50. The Morgan fingerprint density at radius 1 is 1.29 bits per heavy atom. The Kier molecular flexibility index (Phi) is 7.87. The molecular formula is C21H31N3O4. The number of esters is 1. The largest absolute Gasteiger partial charge is 0.497 e. The van der Waals surface area contributed by atoms with Crippen LogP contribution in [0, 0.1) is 0 Å². The van der Waals surface area contributed by atoms with Gasteiger partial charge in [-0.2, -0.15) is 0 Å². The number of hydrogen-bond donors (Lipinski definition) is 1. The van der Waals surface area contributed by atoms with Crippen molar-refractivity contribution in [1.82, 2.24) is 15.1 Å². The normalized spacial score (nSPS) is 17.0. The van der Waals surface area contributed by atoms with Crippen LogP contribution >= 0.6 is 0 Å². The van der Waals surface area contributed by atoms with Gasteiger partial charge in [0.2, 0.25) is 0 Å². The average molecular weight is 389 g/mol. The van der Waals surface area contributed by atoms with E-state index in [0.717, 1.165) is 18.5 Å². The van der Waals surface area contributed by atoms with Gasteiger partial charge in [0.15, 0.2) is 0 Å². The summed E-state index contributed by atoms with van der Waals surface area (Å²) >= 11 is 0. The average Bonchev–Trinajstić information content (AvgIpc) is 2.68. The fraction of sp³-hybridized carbons (Fsp3) is 0.524. The molecular weight excluding hydrogens is 358 g/mol. The topological polar surface area (TPSA) is 71.1 Å². The van der Waals surface area contributed by atoms with Crippen molar-refractivity contribution in [2.24, 2.45) is 0 Å². The van der Waals surface area contributed by atoms with E-state index in [1.54, 1.807) is 18.9 Å². The van der Waals surface area contributed by atoms with Crippen molar-refractivity contribution in [3.05, 3.63) is 41.1 Å². The zero-order valence-corrected chi connectivity index (χ0v) is 17.4. The van der Waals surface area contributed by atoms with E-state index in [4.69, 9.17) is 9.47 Å². The number of rotatable bonds is 9. The number of likely N-dealkylation sites (N-methyl/N-ethyl adjacent to an activating group) is 2. The Bertz CT molecular complexity index is 732. The summed E-state index contributed by atoms with van der Waals surface area (Å²) in [5, 5.41) is 2.96. The summed E-state index contributed by atoms with van der Waals surface area (Å²) in [5.74, 6) is 0.256. The number of benzene rings is 1. The van der Waals surface area contributed by atoms with Gasteiger partial charge < -0.3 is 19.7 Å². The van der Waals surface area contributed by atoms with Crippen LogP contribution in [-0.4, -0.2) is 62.2 Å². The first kappa shape index (κ1) is 21.8. The third-order valence-electron chi connectivity index (χ3n) is 4.70. The van der Waals surface area contributed by atoms with E-state index in [0.29, 0.717) is 30.1 Å². The Morgan fingerprint density at radius 2 is 2.04 bits per heavy atom. The Labute approximate surface area is 167 Å². The maximum absolute atomic E-state index is 12.9. The summed E-state index contributed by atoms with van der Waals surface area (Å²) in [6.07, 6.45) is 0.982. The fourth-order valence-corrected chi connectivity index (χ4v) is 3.45. The van der Waals surface area contributed by atoms with Crippen molar-refractivity contribution < 1.29 is 19.1 Å². The van der Waals surface area contributed by atoms with Crippen LogP contribution < -0.4 is 10.1 Å².